The average molecular weight is 319 g/mol. The summed E-state index contributed by atoms with van der Waals surface area (Å²) >= 11 is 0. The fourth-order valence-corrected chi connectivity index (χ4v) is 2.84. The van der Waals surface area contributed by atoms with Crippen LogP contribution in [-0.2, 0) is 14.3 Å². The van der Waals surface area contributed by atoms with Gasteiger partial charge in [0, 0.05) is 0 Å². The monoisotopic (exact) mass is 319 g/mol. The zero-order chi connectivity index (χ0) is 15.9. The molecule has 0 aliphatic carbocycles. The maximum absolute atomic E-state index is 13.3. The van der Waals surface area contributed by atoms with Crippen LogP contribution in [0.4, 0.5) is 4.39 Å². The van der Waals surface area contributed by atoms with Gasteiger partial charge < -0.3 is 9.94 Å². The predicted octanol–water partition coefficient (Wildman–Crippen LogP) is 2.29. The fraction of sp³-hybridized carbons (Fsp3) is 0.462. The molecule has 0 saturated carbocycles. The van der Waals surface area contributed by atoms with Gasteiger partial charge in [-0.05, 0) is 24.1 Å². The summed E-state index contributed by atoms with van der Waals surface area (Å²) in [7, 11) is -2.80. The Morgan fingerprint density at radius 2 is 2.00 bits per heavy atom. The van der Waals surface area contributed by atoms with E-state index in [1.54, 1.807) is 19.1 Å². The van der Waals surface area contributed by atoms with Crippen molar-refractivity contribution in [1.82, 2.24) is 0 Å². The largest absolute Gasteiger partial charge is 0.497 e. The molecule has 1 rings (SSSR count). The van der Waals surface area contributed by atoms with E-state index in [1.165, 1.54) is 19.2 Å². The zero-order valence-electron chi connectivity index (χ0n) is 11.8. The first-order valence-electron chi connectivity index (χ1n) is 6.31. The highest BCUT2D eigenvalue weighted by molar-refractivity contribution is 8.02. The number of nitrogens with zero attached hydrogens (tertiary/aromatic N) is 1. The van der Waals surface area contributed by atoms with Crippen molar-refractivity contribution in [3.8, 4) is 5.75 Å². The second kappa shape index (κ2) is 7.94. The quantitative estimate of drug-likeness (QED) is 0.274. The number of ether oxygens (including phenoxy) is 1. The van der Waals surface area contributed by atoms with Crippen LogP contribution in [0.2, 0.25) is 0 Å². The van der Waals surface area contributed by atoms with Crippen LogP contribution in [-0.4, -0.2) is 39.1 Å². The van der Waals surface area contributed by atoms with Crippen molar-refractivity contribution in [3.05, 3.63) is 29.8 Å². The van der Waals surface area contributed by atoms with Crippen LogP contribution in [0.15, 0.2) is 29.4 Å². The Morgan fingerprint density at radius 3 is 2.43 bits per heavy atom. The molecule has 0 bridgehead atoms. The standard InChI is InChI=1S/C13H18FNO5S/c1-3-8-20-21(17,18)13(15-16)12(9-14)10-4-6-11(19-2)7-5-10/h4-7,12,16H,3,8-9H2,1-2H3. The van der Waals surface area contributed by atoms with E-state index in [-0.39, 0.29) is 6.61 Å². The van der Waals surface area contributed by atoms with Crippen molar-refractivity contribution < 1.29 is 26.9 Å². The van der Waals surface area contributed by atoms with Crippen LogP contribution in [0.25, 0.3) is 0 Å². The van der Waals surface area contributed by atoms with Crippen molar-refractivity contribution in [1.29, 1.82) is 0 Å². The predicted molar refractivity (Wildman–Crippen MR) is 76.1 cm³/mol. The molecule has 21 heavy (non-hydrogen) atoms. The van der Waals surface area contributed by atoms with Gasteiger partial charge in [-0.2, -0.15) is 8.42 Å². The van der Waals surface area contributed by atoms with E-state index in [9.17, 15) is 12.8 Å². The topological polar surface area (TPSA) is 85.2 Å². The molecular weight excluding hydrogens is 301 g/mol. The molecule has 8 heteroatoms. The maximum Gasteiger partial charge on any atom is 0.314 e. The molecule has 0 spiro atoms. The normalized spacial score (nSPS) is 14.0. The molecule has 1 N–H and O–H groups in total. The van der Waals surface area contributed by atoms with Crippen LogP contribution in [0.5, 0.6) is 5.75 Å². The smallest absolute Gasteiger partial charge is 0.314 e. The van der Waals surface area contributed by atoms with Gasteiger partial charge in [0.1, 0.15) is 12.4 Å². The molecule has 0 radical (unpaired) electrons. The summed E-state index contributed by atoms with van der Waals surface area (Å²) in [6.07, 6.45) is 0.459. The Hall–Kier alpha value is -1.67. The fourth-order valence-electron chi connectivity index (χ4n) is 1.68. The van der Waals surface area contributed by atoms with Crippen LogP contribution in [0.3, 0.4) is 0 Å². The summed E-state index contributed by atoms with van der Waals surface area (Å²) in [5.41, 5.74) is 0.342. The molecule has 0 aliphatic heterocycles. The highest BCUT2D eigenvalue weighted by atomic mass is 32.2. The van der Waals surface area contributed by atoms with Gasteiger partial charge in [0.25, 0.3) is 0 Å². The maximum atomic E-state index is 13.3. The van der Waals surface area contributed by atoms with E-state index < -0.39 is 27.8 Å². The number of alkyl halides is 1. The van der Waals surface area contributed by atoms with Crippen molar-refractivity contribution in [2.24, 2.45) is 5.16 Å². The highest BCUT2D eigenvalue weighted by Crippen LogP contribution is 2.24. The Labute approximate surface area is 123 Å². The Balaban J connectivity index is 3.10. The van der Waals surface area contributed by atoms with Crippen LogP contribution < -0.4 is 4.74 Å². The molecule has 0 aliphatic rings. The highest BCUT2D eigenvalue weighted by Gasteiger charge is 2.31. The first kappa shape index (κ1) is 17.4. The van der Waals surface area contributed by atoms with E-state index in [0.717, 1.165) is 0 Å². The number of hydrogen-bond donors (Lipinski definition) is 1. The summed E-state index contributed by atoms with van der Waals surface area (Å²) in [6.45, 7) is 0.616. The molecule has 118 valence electrons. The first-order chi connectivity index (χ1) is 10.00. The van der Waals surface area contributed by atoms with Crippen molar-refractivity contribution >= 4 is 15.2 Å². The molecule has 1 unspecified atom stereocenters. The number of benzene rings is 1. The van der Waals surface area contributed by atoms with Gasteiger partial charge in [-0.3, -0.25) is 4.18 Å². The van der Waals surface area contributed by atoms with Gasteiger partial charge in [0.15, 0.2) is 0 Å². The third kappa shape index (κ3) is 4.40. The van der Waals surface area contributed by atoms with E-state index in [4.69, 9.17) is 9.94 Å². The number of hydrogen-bond acceptors (Lipinski definition) is 6. The molecule has 0 saturated heterocycles. The van der Waals surface area contributed by atoms with Gasteiger partial charge in [0.2, 0.25) is 5.04 Å². The second-order valence-corrected chi connectivity index (χ2v) is 5.76. The number of halogens is 1. The average Bonchev–Trinajstić information content (AvgIpc) is 2.50. The van der Waals surface area contributed by atoms with Crippen LogP contribution in [0.1, 0.15) is 24.8 Å². The lowest BCUT2D eigenvalue weighted by atomic mass is 10.0. The minimum Gasteiger partial charge on any atom is -0.497 e. The lowest BCUT2D eigenvalue weighted by molar-refractivity contribution is 0.307. The van der Waals surface area contributed by atoms with E-state index in [1.807, 2.05) is 0 Å². The third-order valence-electron chi connectivity index (χ3n) is 2.77. The Morgan fingerprint density at radius 1 is 1.38 bits per heavy atom. The molecule has 1 atom stereocenters. The molecule has 6 nitrogen and oxygen atoms in total. The van der Waals surface area contributed by atoms with Crippen molar-refractivity contribution in [2.75, 3.05) is 20.4 Å². The second-order valence-electron chi connectivity index (χ2n) is 4.19. The van der Waals surface area contributed by atoms with Gasteiger partial charge in [-0.15, -0.1) is 0 Å². The minimum absolute atomic E-state index is 0.0665. The molecular formula is C13H18FNO5S. The SMILES string of the molecule is CCCOS(=O)(=O)C(=NO)C(CF)c1ccc(OC)cc1. The zero-order valence-corrected chi connectivity index (χ0v) is 12.6. The van der Waals surface area contributed by atoms with Gasteiger partial charge in [-0.25, -0.2) is 4.39 Å². The summed E-state index contributed by atoms with van der Waals surface area (Å²) in [4.78, 5) is 0. The summed E-state index contributed by atoms with van der Waals surface area (Å²) in [5, 5.41) is 11.0. The summed E-state index contributed by atoms with van der Waals surface area (Å²) < 4.78 is 46.7. The van der Waals surface area contributed by atoms with E-state index in [2.05, 4.69) is 9.34 Å². The summed E-state index contributed by atoms with van der Waals surface area (Å²) in [5.74, 6) is -0.688. The number of rotatable bonds is 7. The van der Waals surface area contributed by atoms with Crippen molar-refractivity contribution in [2.45, 2.75) is 19.3 Å². The van der Waals surface area contributed by atoms with Crippen LogP contribution in [0, 0.1) is 0 Å². The Kier molecular flexibility index (Phi) is 6.57. The number of methoxy groups -OCH3 is 1. The Bertz CT molecular complexity index is 571. The van der Waals surface area contributed by atoms with Gasteiger partial charge in [0.05, 0.1) is 19.6 Å². The van der Waals surface area contributed by atoms with Crippen LogP contribution >= 0.6 is 0 Å². The third-order valence-corrected chi connectivity index (χ3v) is 4.12. The molecule has 0 amide bonds. The lowest BCUT2D eigenvalue weighted by Gasteiger charge is -2.15. The summed E-state index contributed by atoms with van der Waals surface area (Å²) in [6, 6.07) is 6.13. The van der Waals surface area contributed by atoms with Gasteiger partial charge in [-0.1, -0.05) is 24.2 Å². The molecule has 0 fully saturated rings. The van der Waals surface area contributed by atoms with Gasteiger partial charge >= 0.3 is 10.1 Å². The minimum atomic E-state index is -4.28. The van der Waals surface area contributed by atoms with Crippen molar-refractivity contribution in [3.63, 3.8) is 0 Å². The molecule has 1 aromatic rings. The first-order valence-corrected chi connectivity index (χ1v) is 7.72. The molecule has 0 heterocycles. The molecule has 1 aromatic carbocycles. The number of oxime groups is 1. The molecule has 0 aromatic heterocycles. The van der Waals surface area contributed by atoms with E-state index >= 15 is 0 Å². The lowest BCUT2D eigenvalue weighted by Crippen LogP contribution is -2.26. The van der Waals surface area contributed by atoms with E-state index in [0.29, 0.717) is 17.7 Å².